The van der Waals surface area contributed by atoms with E-state index in [0.717, 1.165) is 0 Å². The summed E-state index contributed by atoms with van der Waals surface area (Å²) in [6.45, 7) is 3.42. The number of aryl methyl sites for hydroxylation is 1. The van der Waals surface area contributed by atoms with Crippen molar-refractivity contribution in [2.75, 3.05) is 7.11 Å². The number of amides is 1. The Bertz CT molecular complexity index is 516. The zero-order chi connectivity index (χ0) is 16.0. The molecule has 0 heterocycles. The lowest BCUT2D eigenvalue weighted by Gasteiger charge is -2.17. The van der Waals surface area contributed by atoms with E-state index in [0.29, 0.717) is 5.56 Å². The highest BCUT2D eigenvalue weighted by atomic mass is 19.1. The van der Waals surface area contributed by atoms with Crippen LogP contribution in [0.2, 0.25) is 0 Å². The molecule has 0 saturated carbocycles. The molecule has 1 atom stereocenters. The highest BCUT2D eigenvalue weighted by molar-refractivity contribution is 5.83. The summed E-state index contributed by atoms with van der Waals surface area (Å²) in [6.07, 6.45) is 0.194. The number of ether oxygens (including phenoxy) is 1. The molecule has 0 radical (unpaired) electrons. The van der Waals surface area contributed by atoms with E-state index in [1.165, 1.54) is 13.2 Å². The van der Waals surface area contributed by atoms with Crippen LogP contribution in [0, 0.1) is 11.7 Å². The quantitative estimate of drug-likeness (QED) is 0.807. The number of carboxylic acid groups (broad SMARTS) is 1. The first kappa shape index (κ1) is 16.9. The molecule has 1 rings (SSSR count). The van der Waals surface area contributed by atoms with Crippen LogP contribution in [0.25, 0.3) is 0 Å². The van der Waals surface area contributed by atoms with Gasteiger partial charge in [0, 0.05) is 6.42 Å². The molecule has 0 spiro atoms. The maximum atomic E-state index is 13.9. The molecule has 5 nitrogen and oxygen atoms in total. The molecule has 0 fully saturated rings. The fourth-order valence-corrected chi connectivity index (χ4v) is 1.91. The minimum absolute atomic E-state index is 0.0145. The van der Waals surface area contributed by atoms with Crippen molar-refractivity contribution >= 4 is 11.9 Å². The summed E-state index contributed by atoms with van der Waals surface area (Å²) < 4.78 is 18.8. The summed E-state index contributed by atoms with van der Waals surface area (Å²) in [6, 6.07) is 3.77. The summed E-state index contributed by atoms with van der Waals surface area (Å²) in [5, 5.41) is 11.4. The molecule has 0 aliphatic heterocycles. The summed E-state index contributed by atoms with van der Waals surface area (Å²) in [5.41, 5.74) is 0.362. The van der Waals surface area contributed by atoms with Crippen LogP contribution >= 0.6 is 0 Å². The molecule has 116 valence electrons. The van der Waals surface area contributed by atoms with Crippen molar-refractivity contribution in [3.05, 3.63) is 29.6 Å². The lowest BCUT2D eigenvalue weighted by atomic mass is 10.0. The molecule has 1 aromatic carbocycles. The first-order valence-corrected chi connectivity index (χ1v) is 6.70. The highest BCUT2D eigenvalue weighted by Gasteiger charge is 2.23. The average Bonchev–Trinajstić information content (AvgIpc) is 2.43. The summed E-state index contributed by atoms with van der Waals surface area (Å²) in [5.74, 6) is -2.09. The number of carbonyl (C=O) groups is 2. The van der Waals surface area contributed by atoms with Gasteiger partial charge in [-0.3, -0.25) is 4.79 Å². The second-order valence-electron chi connectivity index (χ2n) is 5.06. The second-order valence-corrected chi connectivity index (χ2v) is 5.06. The SMILES string of the molecule is COc1cccc(CCC(=O)N[C@H](C(=O)O)C(C)C)c1F. The molecule has 0 saturated heterocycles. The molecular formula is C15H20FNO4. The predicted octanol–water partition coefficient (Wildman–Crippen LogP) is 1.99. The third-order valence-electron chi connectivity index (χ3n) is 3.13. The van der Waals surface area contributed by atoms with E-state index in [2.05, 4.69) is 5.32 Å². The van der Waals surface area contributed by atoms with E-state index in [1.54, 1.807) is 26.0 Å². The predicted molar refractivity (Wildman–Crippen MR) is 75.7 cm³/mol. The first-order valence-electron chi connectivity index (χ1n) is 6.70. The number of nitrogens with one attached hydrogen (secondary N) is 1. The van der Waals surface area contributed by atoms with Crippen LogP contribution in [0.15, 0.2) is 18.2 Å². The first-order chi connectivity index (χ1) is 9.86. The molecular weight excluding hydrogens is 277 g/mol. The zero-order valence-corrected chi connectivity index (χ0v) is 12.4. The highest BCUT2D eigenvalue weighted by Crippen LogP contribution is 2.20. The van der Waals surface area contributed by atoms with Crippen molar-refractivity contribution in [1.29, 1.82) is 0 Å². The van der Waals surface area contributed by atoms with Crippen LogP contribution in [0.4, 0.5) is 4.39 Å². The maximum absolute atomic E-state index is 13.9. The second kappa shape index (κ2) is 7.61. The van der Waals surface area contributed by atoms with Crippen molar-refractivity contribution < 1.29 is 23.8 Å². The Hall–Kier alpha value is -2.11. The fraction of sp³-hybridized carbons (Fsp3) is 0.467. The van der Waals surface area contributed by atoms with Crippen LogP contribution in [0.5, 0.6) is 5.75 Å². The van der Waals surface area contributed by atoms with Crippen molar-refractivity contribution in [1.82, 2.24) is 5.32 Å². The van der Waals surface area contributed by atoms with Crippen molar-refractivity contribution in [3.63, 3.8) is 0 Å². The zero-order valence-electron chi connectivity index (χ0n) is 12.4. The van der Waals surface area contributed by atoms with E-state index in [1.807, 2.05) is 0 Å². The van der Waals surface area contributed by atoms with Crippen molar-refractivity contribution in [2.45, 2.75) is 32.7 Å². The van der Waals surface area contributed by atoms with Crippen molar-refractivity contribution in [3.8, 4) is 5.75 Å². The average molecular weight is 297 g/mol. The minimum atomic E-state index is -1.08. The Balaban J connectivity index is 2.63. The number of carboxylic acids is 1. The Kier molecular flexibility index (Phi) is 6.14. The molecule has 1 amide bonds. The standard InChI is InChI=1S/C15H20FNO4/c1-9(2)14(15(19)20)17-12(18)8-7-10-5-4-6-11(21-3)13(10)16/h4-6,9,14H,7-8H2,1-3H3,(H,17,18)(H,19,20)/t14-/m0/s1. The number of rotatable bonds is 7. The Morgan fingerprint density at radius 1 is 1.38 bits per heavy atom. The molecule has 6 heteroatoms. The van der Waals surface area contributed by atoms with Crippen LogP contribution in [0.3, 0.4) is 0 Å². The maximum Gasteiger partial charge on any atom is 0.326 e. The van der Waals surface area contributed by atoms with E-state index < -0.39 is 23.7 Å². The third kappa shape index (κ3) is 4.73. The Morgan fingerprint density at radius 2 is 2.05 bits per heavy atom. The van der Waals surface area contributed by atoms with E-state index in [4.69, 9.17) is 9.84 Å². The molecule has 1 aromatic rings. The normalized spacial score (nSPS) is 12.0. The number of methoxy groups -OCH3 is 1. The number of carbonyl (C=O) groups excluding carboxylic acids is 1. The number of hydrogen-bond donors (Lipinski definition) is 2. The van der Waals surface area contributed by atoms with Crippen molar-refractivity contribution in [2.24, 2.45) is 5.92 Å². The van der Waals surface area contributed by atoms with E-state index >= 15 is 0 Å². The van der Waals surface area contributed by atoms with Gasteiger partial charge >= 0.3 is 5.97 Å². The number of aliphatic carboxylic acids is 1. The number of halogens is 1. The van der Waals surface area contributed by atoms with Gasteiger partial charge in [0.2, 0.25) is 5.91 Å². The van der Waals surface area contributed by atoms with E-state index in [9.17, 15) is 14.0 Å². The fourth-order valence-electron chi connectivity index (χ4n) is 1.91. The monoisotopic (exact) mass is 297 g/mol. The summed E-state index contributed by atoms with van der Waals surface area (Å²) >= 11 is 0. The van der Waals surface area contributed by atoms with Gasteiger partial charge in [0.15, 0.2) is 11.6 Å². The molecule has 0 bridgehead atoms. The molecule has 0 aliphatic carbocycles. The summed E-state index contributed by atoms with van der Waals surface area (Å²) in [4.78, 5) is 22.8. The van der Waals surface area contributed by atoms with Crippen LogP contribution in [0.1, 0.15) is 25.8 Å². The lowest BCUT2D eigenvalue weighted by Crippen LogP contribution is -2.44. The van der Waals surface area contributed by atoms with Gasteiger partial charge in [0.25, 0.3) is 0 Å². The van der Waals surface area contributed by atoms with Gasteiger partial charge in [-0.1, -0.05) is 26.0 Å². The third-order valence-corrected chi connectivity index (χ3v) is 3.13. The minimum Gasteiger partial charge on any atom is -0.494 e. The van der Waals surface area contributed by atoms with Crippen LogP contribution in [-0.2, 0) is 16.0 Å². The van der Waals surface area contributed by atoms with Gasteiger partial charge < -0.3 is 15.2 Å². The number of hydrogen-bond acceptors (Lipinski definition) is 3. The van der Waals surface area contributed by atoms with Gasteiger partial charge in [-0.05, 0) is 24.0 Å². The molecule has 2 N–H and O–H groups in total. The molecule has 21 heavy (non-hydrogen) atoms. The van der Waals surface area contributed by atoms with Gasteiger partial charge in [-0.2, -0.15) is 0 Å². The van der Waals surface area contributed by atoms with E-state index in [-0.39, 0.29) is 24.5 Å². The number of benzene rings is 1. The Labute approximate surface area is 123 Å². The summed E-state index contributed by atoms with van der Waals surface area (Å²) in [7, 11) is 1.37. The van der Waals surface area contributed by atoms with Gasteiger partial charge in [0.1, 0.15) is 6.04 Å². The van der Waals surface area contributed by atoms with Crippen LogP contribution < -0.4 is 10.1 Å². The Morgan fingerprint density at radius 3 is 2.57 bits per heavy atom. The molecule has 0 unspecified atom stereocenters. The largest absolute Gasteiger partial charge is 0.494 e. The van der Waals surface area contributed by atoms with Gasteiger partial charge in [-0.15, -0.1) is 0 Å². The lowest BCUT2D eigenvalue weighted by molar-refractivity contribution is -0.143. The smallest absolute Gasteiger partial charge is 0.326 e. The molecule has 0 aliphatic rings. The topological polar surface area (TPSA) is 75.6 Å². The van der Waals surface area contributed by atoms with Crippen LogP contribution in [-0.4, -0.2) is 30.1 Å². The molecule has 0 aromatic heterocycles. The van der Waals surface area contributed by atoms with Gasteiger partial charge in [-0.25, -0.2) is 9.18 Å². The van der Waals surface area contributed by atoms with Gasteiger partial charge in [0.05, 0.1) is 7.11 Å².